The van der Waals surface area contributed by atoms with Crippen LogP contribution >= 0.6 is 23.2 Å². The zero-order valence-electron chi connectivity index (χ0n) is 15.3. The number of carbonyl (C=O) groups excluding carboxylic acids is 2. The van der Waals surface area contributed by atoms with Crippen molar-refractivity contribution in [2.24, 2.45) is 0 Å². The van der Waals surface area contributed by atoms with Crippen molar-refractivity contribution in [1.82, 2.24) is 10.4 Å². The van der Waals surface area contributed by atoms with Gasteiger partial charge in [0.05, 0.1) is 15.6 Å². The standard InChI is InChI=1S/C20H22Cl2N2O2/c1-5-13-6-8-14(9-7-13)18(25)23-24(20(2,3)4)19(26)15-10-11-16(21)17(22)12-15/h6-12H,5H2,1-4H3,(H,23,25). The van der Waals surface area contributed by atoms with Gasteiger partial charge >= 0.3 is 0 Å². The van der Waals surface area contributed by atoms with Crippen LogP contribution in [0.25, 0.3) is 0 Å². The molecule has 1 N–H and O–H groups in total. The number of halogens is 2. The molecular formula is C20H22Cl2N2O2. The summed E-state index contributed by atoms with van der Waals surface area (Å²) in [5.41, 5.74) is 4.04. The van der Waals surface area contributed by atoms with E-state index in [0.717, 1.165) is 12.0 Å². The van der Waals surface area contributed by atoms with Crippen molar-refractivity contribution in [2.75, 3.05) is 0 Å². The number of hydrogen-bond acceptors (Lipinski definition) is 2. The molecule has 0 atom stereocenters. The fourth-order valence-corrected chi connectivity index (χ4v) is 2.64. The first-order chi connectivity index (χ1) is 12.1. The summed E-state index contributed by atoms with van der Waals surface area (Å²) in [5, 5.41) is 1.96. The largest absolute Gasteiger partial charge is 0.272 e. The lowest BCUT2D eigenvalue weighted by Crippen LogP contribution is -2.55. The predicted molar refractivity (Wildman–Crippen MR) is 106 cm³/mol. The molecule has 4 nitrogen and oxygen atoms in total. The van der Waals surface area contributed by atoms with E-state index in [9.17, 15) is 9.59 Å². The van der Waals surface area contributed by atoms with Crippen LogP contribution in [-0.4, -0.2) is 22.4 Å². The SMILES string of the molecule is CCc1ccc(C(=O)NN(C(=O)c2ccc(Cl)c(Cl)c2)C(C)(C)C)cc1. The van der Waals surface area contributed by atoms with E-state index in [0.29, 0.717) is 16.1 Å². The Labute approximate surface area is 164 Å². The Kier molecular flexibility index (Phi) is 6.32. The molecule has 0 aliphatic carbocycles. The Balaban J connectivity index is 2.27. The highest BCUT2D eigenvalue weighted by Crippen LogP contribution is 2.24. The molecule has 2 amide bonds. The number of carbonyl (C=O) groups is 2. The fourth-order valence-electron chi connectivity index (χ4n) is 2.34. The van der Waals surface area contributed by atoms with Crippen molar-refractivity contribution in [2.45, 2.75) is 39.7 Å². The van der Waals surface area contributed by atoms with Gasteiger partial charge in [0.2, 0.25) is 0 Å². The van der Waals surface area contributed by atoms with Crippen molar-refractivity contribution in [3.63, 3.8) is 0 Å². The molecule has 0 aliphatic rings. The van der Waals surface area contributed by atoms with Gasteiger partial charge in [0.1, 0.15) is 0 Å². The second kappa shape index (κ2) is 8.11. The summed E-state index contributed by atoms with van der Waals surface area (Å²) in [6.07, 6.45) is 0.895. The van der Waals surface area contributed by atoms with Gasteiger partial charge in [0.25, 0.3) is 11.8 Å². The number of hydrogen-bond donors (Lipinski definition) is 1. The third-order valence-electron chi connectivity index (χ3n) is 3.88. The van der Waals surface area contributed by atoms with Crippen LogP contribution in [0.2, 0.25) is 10.0 Å². The topological polar surface area (TPSA) is 49.4 Å². The van der Waals surface area contributed by atoms with E-state index in [1.54, 1.807) is 24.3 Å². The Morgan fingerprint density at radius 3 is 2.04 bits per heavy atom. The van der Waals surface area contributed by atoms with Crippen LogP contribution in [0.4, 0.5) is 0 Å². The second-order valence-corrected chi connectivity index (χ2v) is 7.75. The summed E-state index contributed by atoms with van der Waals surface area (Å²) in [4.78, 5) is 25.5. The number of rotatable bonds is 3. The molecule has 2 aromatic carbocycles. The number of hydrazine groups is 1. The van der Waals surface area contributed by atoms with Gasteiger partial charge in [-0.15, -0.1) is 0 Å². The molecule has 138 valence electrons. The second-order valence-electron chi connectivity index (χ2n) is 6.93. The van der Waals surface area contributed by atoms with Gasteiger partial charge in [-0.05, 0) is 63.1 Å². The monoisotopic (exact) mass is 392 g/mol. The van der Waals surface area contributed by atoms with Gasteiger partial charge in [-0.3, -0.25) is 15.0 Å². The molecule has 2 rings (SSSR count). The minimum absolute atomic E-state index is 0.285. The average molecular weight is 393 g/mol. The molecule has 0 saturated carbocycles. The van der Waals surface area contributed by atoms with Crippen LogP contribution in [-0.2, 0) is 6.42 Å². The highest BCUT2D eigenvalue weighted by molar-refractivity contribution is 6.42. The fraction of sp³-hybridized carbons (Fsp3) is 0.300. The lowest BCUT2D eigenvalue weighted by molar-refractivity contribution is 0.0358. The van der Waals surface area contributed by atoms with Gasteiger partial charge < -0.3 is 0 Å². The molecule has 0 aliphatic heterocycles. The molecule has 2 aromatic rings. The Bertz CT molecular complexity index is 812. The first-order valence-corrected chi connectivity index (χ1v) is 9.08. The lowest BCUT2D eigenvalue weighted by Gasteiger charge is -2.35. The summed E-state index contributed by atoms with van der Waals surface area (Å²) < 4.78 is 0. The third kappa shape index (κ3) is 4.77. The van der Waals surface area contributed by atoms with Gasteiger partial charge in [-0.1, -0.05) is 42.3 Å². The summed E-state index contributed by atoms with van der Waals surface area (Å²) in [7, 11) is 0. The number of amides is 2. The molecule has 0 bridgehead atoms. The van der Waals surface area contributed by atoms with E-state index in [1.165, 1.54) is 11.1 Å². The maximum Gasteiger partial charge on any atom is 0.272 e. The summed E-state index contributed by atoms with van der Waals surface area (Å²) in [6, 6.07) is 11.9. The smallest absolute Gasteiger partial charge is 0.267 e. The Morgan fingerprint density at radius 2 is 1.54 bits per heavy atom. The highest BCUT2D eigenvalue weighted by Gasteiger charge is 2.30. The maximum absolute atomic E-state index is 12.9. The molecule has 6 heteroatoms. The van der Waals surface area contributed by atoms with Crippen LogP contribution in [0.1, 0.15) is 54.0 Å². The minimum atomic E-state index is -0.637. The zero-order valence-corrected chi connectivity index (χ0v) is 16.8. The molecule has 0 heterocycles. The van der Waals surface area contributed by atoms with E-state index >= 15 is 0 Å². The predicted octanol–water partition coefficient (Wildman–Crippen LogP) is 5.14. The highest BCUT2D eigenvalue weighted by atomic mass is 35.5. The lowest BCUT2D eigenvalue weighted by atomic mass is 10.1. The summed E-state index contributed by atoms with van der Waals surface area (Å²) in [5.74, 6) is -0.717. The van der Waals surface area contributed by atoms with Gasteiger partial charge in [-0.25, -0.2) is 5.01 Å². The molecule has 0 aromatic heterocycles. The number of nitrogens with zero attached hydrogens (tertiary/aromatic N) is 1. The van der Waals surface area contributed by atoms with Crippen LogP contribution in [0.3, 0.4) is 0 Å². The van der Waals surface area contributed by atoms with Crippen molar-refractivity contribution in [3.05, 3.63) is 69.2 Å². The zero-order chi connectivity index (χ0) is 19.5. The third-order valence-corrected chi connectivity index (χ3v) is 4.62. The van der Waals surface area contributed by atoms with Crippen LogP contribution in [0.15, 0.2) is 42.5 Å². The van der Waals surface area contributed by atoms with Crippen molar-refractivity contribution < 1.29 is 9.59 Å². The molecule has 0 saturated heterocycles. The van der Waals surface area contributed by atoms with Gasteiger partial charge in [0, 0.05) is 11.1 Å². The van der Waals surface area contributed by atoms with E-state index < -0.39 is 5.54 Å². The van der Waals surface area contributed by atoms with Gasteiger partial charge in [0.15, 0.2) is 0 Å². The normalized spacial score (nSPS) is 11.2. The van der Waals surface area contributed by atoms with Crippen LogP contribution < -0.4 is 5.43 Å². The minimum Gasteiger partial charge on any atom is -0.267 e. The first-order valence-electron chi connectivity index (χ1n) is 8.33. The summed E-state index contributed by atoms with van der Waals surface area (Å²) in [6.45, 7) is 7.56. The van der Waals surface area contributed by atoms with E-state index in [1.807, 2.05) is 39.8 Å². The van der Waals surface area contributed by atoms with E-state index in [2.05, 4.69) is 5.43 Å². The van der Waals surface area contributed by atoms with Crippen molar-refractivity contribution in [1.29, 1.82) is 0 Å². The Morgan fingerprint density at radius 1 is 0.962 bits per heavy atom. The van der Waals surface area contributed by atoms with E-state index in [-0.39, 0.29) is 16.8 Å². The van der Waals surface area contributed by atoms with Gasteiger partial charge in [-0.2, -0.15) is 0 Å². The van der Waals surface area contributed by atoms with Crippen molar-refractivity contribution >= 4 is 35.0 Å². The molecule has 0 unspecified atom stereocenters. The molecule has 0 radical (unpaired) electrons. The number of nitrogens with one attached hydrogen (secondary N) is 1. The molecule has 0 fully saturated rings. The van der Waals surface area contributed by atoms with Crippen LogP contribution in [0, 0.1) is 0 Å². The molecule has 26 heavy (non-hydrogen) atoms. The number of benzene rings is 2. The number of aryl methyl sites for hydroxylation is 1. The Hall–Kier alpha value is -2.04. The molecular weight excluding hydrogens is 371 g/mol. The quantitative estimate of drug-likeness (QED) is 0.734. The van der Waals surface area contributed by atoms with Crippen molar-refractivity contribution in [3.8, 4) is 0 Å². The first kappa shape index (κ1) is 20.3. The molecule has 0 spiro atoms. The maximum atomic E-state index is 12.9. The average Bonchev–Trinajstić information content (AvgIpc) is 2.60. The van der Waals surface area contributed by atoms with Crippen LogP contribution in [0.5, 0.6) is 0 Å². The summed E-state index contributed by atoms with van der Waals surface area (Å²) >= 11 is 11.9. The van der Waals surface area contributed by atoms with E-state index in [4.69, 9.17) is 23.2 Å².